The molecule has 3 N–H and O–H groups in total. The van der Waals surface area contributed by atoms with E-state index in [0.717, 1.165) is 4.90 Å². The van der Waals surface area contributed by atoms with E-state index in [4.69, 9.17) is 27.9 Å². The van der Waals surface area contributed by atoms with Crippen molar-refractivity contribution in [3.63, 3.8) is 0 Å². The third-order valence-electron chi connectivity index (χ3n) is 3.90. The Morgan fingerprint density at radius 1 is 1.00 bits per heavy atom. The van der Waals surface area contributed by atoms with Gasteiger partial charge < -0.3 is 20.3 Å². The first kappa shape index (κ1) is 21.0. The third kappa shape index (κ3) is 6.75. The first-order valence-electron chi connectivity index (χ1n) is 8.43. The summed E-state index contributed by atoms with van der Waals surface area (Å²) >= 11 is 11.9. The Morgan fingerprint density at radius 3 is 2.19 bits per heavy atom. The normalized spacial score (nSPS) is 11.6. The van der Waals surface area contributed by atoms with Crippen molar-refractivity contribution in [2.24, 2.45) is 0 Å². The standard InChI is InChI=1S/C19H21Cl2N3O3/c1-3-24(11-18(25)22-14-5-7-15(27-2)8-6-14)12-19(26)23-17-9-4-13(20)10-16(17)21/h4-10H,3,11-12H2,1-2H3,(H,22,25)(H,23,26)/p+1. The summed E-state index contributed by atoms with van der Waals surface area (Å²) in [7, 11) is 1.58. The summed E-state index contributed by atoms with van der Waals surface area (Å²) in [6, 6.07) is 11.9. The Morgan fingerprint density at radius 2 is 1.63 bits per heavy atom. The molecule has 2 aromatic carbocycles. The maximum Gasteiger partial charge on any atom is 0.279 e. The minimum atomic E-state index is -0.228. The van der Waals surface area contributed by atoms with E-state index < -0.39 is 0 Å². The molecule has 0 saturated carbocycles. The average Bonchev–Trinajstić information content (AvgIpc) is 2.64. The van der Waals surface area contributed by atoms with Gasteiger partial charge in [0.1, 0.15) is 5.75 Å². The van der Waals surface area contributed by atoms with Gasteiger partial charge in [0, 0.05) is 10.7 Å². The molecule has 0 aliphatic heterocycles. The molecule has 1 unspecified atom stereocenters. The molecule has 0 bridgehead atoms. The van der Waals surface area contributed by atoms with Crippen molar-refractivity contribution >= 4 is 46.4 Å². The highest BCUT2D eigenvalue weighted by Gasteiger charge is 2.17. The topological polar surface area (TPSA) is 71.9 Å². The summed E-state index contributed by atoms with van der Waals surface area (Å²) in [5.41, 5.74) is 1.16. The zero-order chi connectivity index (χ0) is 19.8. The molecule has 0 spiro atoms. The number of quaternary nitrogens is 1. The molecule has 144 valence electrons. The molecule has 6 nitrogen and oxygen atoms in total. The molecular weight excluding hydrogens is 389 g/mol. The predicted octanol–water partition coefficient (Wildman–Crippen LogP) is 2.48. The van der Waals surface area contributed by atoms with Gasteiger partial charge in [-0.1, -0.05) is 23.2 Å². The zero-order valence-electron chi connectivity index (χ0n) is 15.1. The molecule has 0 aliphatic carbocycles. The summed E-state index contributed by atoms with van der Waals surface area (Å²) in [5.74, 6) is 0.314. The van der Waals surface area contributed by atoms with E-state index in [1.165, 1.54) is 0 Å². The highest BCUT2D eigenvalue weighted by atomic mass is 35.5. The van der Waals surface area contributed by atoms with Crippen LogP contribution in [0.4, 0.5) is 11.4 Å². The van der Waals surface area contributed by atoms with Crippen LogP contribution >= 0.6 is 23.2 Å². The van der Waals surface area contributed by atoms with E-state index >= 15 is 0 Å². The molecule has 0 saturated heterocycles. The van der Waals surface area contributed by atoms with Crippen LogP contribution in [0.3, 0.4) is 0 Å². The zero-order valence-corrected chi connectivity index (χ0v) is 16.7. The summed E-state index contributed by atoms with van der Waals surface area (Å²) in [5, 5.41) is 6.42. The Labute approximate surface area is 168 Å². The fourth-order valence-electron chi connectivity index (χ4n) is 2.43. The van der Waals surface area contributed by atoms with Crippen LogP contribution in [0.1, 0.15) is 6.92 Å². The minimum absolute atomic E-state index is 0.144. The van der Waals surface area contributed by atoms with Gasteiger partial charge in [0.05, 0.1) is 24.4 Å². The van der Waals surface area contributed by atoms with Crippen molar-refractivity contribution in [2.75, 3.05) is 37.4 Å². The second-order valence-corrected chi connectivity index (χ2v) is 6.75. The SMILES string of the molecule is CC[NH+](CC(=O)Nc1ccc(OC)cc1)CC(=O)Nc1ccc(Cl)cc1Cl. The Hall–Kier alpha value is -2.28. The summed E-state index contributed by atoms with van der Waals surface area (Å²) in [4.78, 5) is 25.3. The molecule has 27 heavy (non-hydrogen) atoms. The molecule has 2 aromatic rings. The number of carbonyl (C=O) groups is 2. The molecule has 0 aliphatic rings. The van der Waals surface area contributed by atoms with Gasteiger partial charge in [-0.2, -0.15) is 0 Å². The summed E-state index contributed by atoms with van der Waals surface area (Å²) < 4.78 is 5.09. The average molecular weight is 411 g/mol. The monoisotopic (exact) mass is 410 g/mol. The Balaban J connectivity index is 1.87. The molecule has 0 radical (unpaired) electrons. The number of halogens is 2. The van der Waals surface area contributed by atoms with Gasteiger partial charge in [0.15, 0.2) is 13.1 Å². The molecule has 0 aromatic heterocycles. The smallest absolute Gasteiger partial charge is 0.279 e. The third-order valence-corrected chi connectivity index (χ3v) is 4.45. The van der Waals surface area contributed by atoms with Crippen LogP contribution in [0.15, 0.2) is 42.5 Å². The van der Waals surface area contributed by atoms with Crippen LogP contribution in [0.25, 0.3) is 0 Å². The van der Waals surface area contributed by atoms with Crippen molar-refractivity contribution in [3.8, 4) is 5.75 Å². The van der Waals surface area contributed by atoms with Gasteiger partial charge in [-0.15, -0.1) is 0 Å². The number of amides is 2. The van der Waals surface area contributed by atoms with Crippen LogP contribution in [-0.4, -0.2) is 38.6 Å². The molecule has 0 heterocycles. The van der Waals surface area contributed by atoms with E-state index in [-0.39, 0.29) is 24.9 Å². The lowest BCUT2D eigenvalue weighted by molar-refractivity contribution is -0.881. The van der Waals surface area contributed by atoms with E-state index in [0.29, 0.717) is 33.7 Å². The number of carbonyl (C=O) groups excluding carboxylic acids is 2. The van der Waals surface area contributed by atoms with Crippen LogP contribution < -0.4 is 20.3 Å². The van der Waals surface area contributed by atoms with Gasteiger partial charge >= 0.3 is 0 Å². The Bertz CT molecular complexity index is 797. The van der Waals surface area contributed by atoms with Gasteiger partial charge in [0.25, 0.3) is 11.8 Å². The first-order chi connectivity index (χ1) is 12.9. The van der Waals surface area contributed by atoms with Crippen molar-refractivity contribution in [2.45, 2.75) is 6.92 Å². The molecule has 8 heteroatoms. The van der Waals surface area contributed by atoms with Gasteiger partial charge in [-0.3, -0.25) is 9.59 Å². The van der Waals surface area contributed by atoms with Crippen molar-refractivity contribution < 1.29 is 19.2 Å². The second kappa shape index (κ2) is 10.2. The lowest BCUT2D eigenvalue weighted by Gasteiger charge is -2.17. The van der Waals surface area contributed by atoms with Crippen molar-refractivity contribution in [3.05, 3.63) is 52.5 Å². The first-order valence-corrected chi connectivity index (χ1v) is 9.19. The van der Waals surface area contributed by atoms with Crippen LogP contribution in [0, 0.1) is 0 Å². The molecule has 0 fully saturated rings. The molecule has 2 amide bonds. The maximum atomic E-state index is 12.3. The number of benzene rings is 2. The quantitative estimate of drug-likeness (QED) is 0.625. The number of likely N-dealkylation sites (N-methyl/N-ethyl adjacent to an activating group) is 1. The van der Waals surface area contributed by atoms with Crippen LogP contribution in [0.5, 0.6) is 5.75 Å². The fourth-order valence-corrected chi connectivity index (χ4v) is 2.89. The number of hydrogen-bond donors (Lipinski definition) is 3. The van der Waals surface area contributed by atoms with Crippen LogP contribution in [-0.2, 0) is 9.59 Å². The molecule has 1 atom stereocenters. The number of methoxy groups -OCH3 is 1. The highest BCUT2D eigenvalue weighted by molar-refractivity contribution is 6.36. The largest absolute Gasteiger partial charge is 0.497 e. The van der Waals surface area contributed by atoms with E-state index in [9.17, 15) is 9.59 Å². The van der Waals surface area contributed by atoms with Crippen LogP contribution in [0.2, 0.25) is 10.0 Å². The van der Waals surface area contributed by atoms with Crippen molar-refractivity contribution in [1.29, 1.82) is 0 Å². The number of ether oxygens (including phenoxy) is 1. The van der Waals surface area contributed by atoms with Gasteiger partial charge in [-0.25, -0.2) is 0 Å². The van der Waals surface area contributed by atoms with Crippen molar-refractivity contribution in [1.82, 2.24) is 0 Å². The van der Waals surface area contributed by atoms with E-state index in [2.05, 4.69) is 10.6 Å². The fraction of sp³-hybridized carbons (Fsp3) is 0.263. The lowest BCUT2D eigenvalue weighted by Crippen LogP contribution is -3.13. The lowest BCUT2D eigenvalue weighted by atomic mass is 10.3. The van der Waals surface area contributed by atoms with Gasteiger partial charge in [0.2, 0.25) is 0 Å². The maximum absolute atomic E-state index is 12.3. The summed E-state index contributed by atoms with van der Waals surface area (Å²) in [6.45, 7) is 2.85. The van der Waals surface area contributed by atoms with E-state index in [1.807, 2.05) is 6.92 Å². The molecular formula is C19H22Cl2N3O3+. The number of nitrogens with one attached hydrogen (secondary N) is 3. The number of hydrogen-bond acceptors (Lipinski definition) is 3. The second-order valence-electron chi connectivity index (χ2n) is 5.91. The minimum Gasteiger partial charge on any atom is -0.497 e. The predicted molar refractivity (Wildman–Crippen MR) is 108 cm³/mol. The Kier molecular flexibility index (Phi) is 7.91. The van der Waals surface area contributed by atoms with E-state index in [1.54, 1.807) is 49.6 Å². The number of rotatable bonds is 8. The summed E-state index contributed by atoms with van der Waals surface area (Å²) in [6.07, 6.45) is 0. The van der Waals surface area contributed by atoms with Gasteiger partial charge in [-0.05, 0) is 49.4 Å². The molecule has 2 rings (SSSR count). The number of anilines is 2. The highest BCUT2D eigenvalue weighted by Crippen LogP contribution is 2.25.